The summed E-state index contributed by atoms with van der Waals surface area (Å²) in [7, 11) is 5.67. The van der Waals surface area contributed by atoms with E-state index in [-0.39, 0.29) is 49.8 Å². The number of nitrogens with zero attached hydrogens (tertiary/aromatic N) is 1. The Kier molecular flexibility index (Phi) is 19.2. The van der Waals surface area contributed by atoms with E-state index in [1.165, 1.54) is 11.6 Å². The Bertz CT molecular complexity index is 1350. The van der Waals surface area contributed by atoms with Crippen molar-refractivity contribution in [3.05, 3.63) is 35.9 Å². The summed E-state index contributed by atoms with van der Waals surface area (Å²) in [5, 5.41) is 31.1. The molecule has 50 heavy (non-hydrogen) atoms. The molecule has 7 N–H and O–H groups in total. The van der Waals surface area contributed by atoms with E-state index in [4.69, 9.17) is 0 Å². The summed E-state index contributed by atoms with van der Waals surface area (Å²) in [6.07, 6.45) is 2.89. The Hall–Kier alpha value is -4.14. The third-order valence-corrected chi connectivity index (χ3v) is 8.40. The number of rotatable bonds is 23. The molecule has 274 valence electrons. The molecule has 3 atom stereocenters. The summed E-state index contributed by atoms with van der Waals surface area (Å²) in [4.78, 5) is 96.9. The molecule has 1 rings (SSSR count). The van der Waals surface area contributed by atoms with Gasteiger partial charge in [0.1, 0.15) is 33.8 Å². The number of carbonyl (C=O) groups is 8. The molecule has 1 aromatic carbocycles. The van der Waals surface area contributed by atoms with E-state index in [9.17, 15) is 48.6 Å². The second kappa shape index (κ2) is 21.8. The van der Waals surface area contributed by atoms with Crippen LogP contribution >= 0.6 is 9.39 Å². The smallest absolute Gasteiger partial charge is 0.330 e. The Morgan fingerprint density at radius 1 is 0.920 bits per heavy atom. The maximum absolute atomic E-state index is 13.0. The lowest BCUT2D eigenvalue weighted by atomic mass is 9.51. The van der Waals surface area contributed by atoms with Crippen molar-refractivity contribution in [2.45, 2.75) is 76.0 Å². The van der Waals surface area contributed by atoms with E-state index in [0.29, 0.717) is 37.7 Å². The number of Topliss-reactive ketones (excluding diaryl/α,β-unsaturated/α-hetero) is 1. The SMILES string of the molecule is BC(B)(CCNC(=O)C(O)(O)NC(=O)C(Cc1ccccc1)NC(=O)CNC(=O)CNC(=O)CCCCCN(P)C(=O)C(C)CC=O)C(C)=O. The largest absolute Gasteiger partial charge is 0.350 e. The summed E-state index contributed by atoms with van der Waals surface area (Å²) in [6, 6.07) is 7.07. The molecule has 0 aliphatic carbocycles. The van der Waals surface area contributed by atoms with Gasteiger partial charge >= 0.3 is 11.8 Å². The van der Waals surface area contributed by atoms with Crippen LogP contribution in [0.1, 0.15) is 57.9 Å². The van der Waals surface area contributed by atoms with Gasteiger partial charge in [0.25, 0.3) is 0 Å². The van der Waals surface area contributed by atoms with Crippen molar-refractivity contribution in [3.8, 4) is 0 Å². The molecule has 0 aliphatic heterocycles. The quantitative estimate of drug-likeness (QED) is 0.0194. The van der Waals surface area contributed by atoms with E-state index in [1.54, 1.807) is 52.9 Å². The number of aliphatic hydroxyl groups is 2. The van der Waals surface area contributed by atoms with Crippen molar-refractivity contribution in [3.63, 3.8) is 0 Å². The number of nitrogens with one attached hydrogen (secondary N) is 5. The molecule has 3 unspecified atom stereocenters. The topological polar surface area (TPSA) is 240 Å². The van der Waals surface area contributed by atoms with Crippen LogP contribution in [0.2, 0.25) is 5.21 Å². The van der Waals surface area contributed by atoms with Gasteiger partial charge in [-0.3, -0.25) is 34.1 Å². The molecule has 0 heterocycles. The molecule has 0 aliphatic rings. The van der Waals surface area contributed by atoms with E-state index in [1.807, 2.05) is 5.32 Å². The fourth-order valence-corrected chi connectivity index (χ4v) is 4.74. The van der Waals surface area contributed by atoms with Gasteiger partial charge in [-0.1, -0.05) is 43.7 Å². The molecule has 6 amide bonds. The first kappa shape index (κ1) is 43.9. The molecule has 16 nitrogen and oxygen atoms in total. The minimum Gasteiger partial charge on any atom is -0.350 e. The summed E-state index contributed by atoms with van der Waals surface area (Å²) < 4.78 is 1.47. The Morgan fingerprint density at radius 3 is 2.16 bits per heavy atom. The molecule has 0 spiro atoms. The monoisotopic (exact) mass is 718 g/mol. The molecular formula is C31H49B2N6O10P. The zero-order valence-electron chi connectivity index (χ0n) is 29.1. The predicted octanol–water partition coefficient (Wildman–Crippen LogP) is -3.42. The Labute approximate surface area is 296 Å². The number of hydrogen-bond donors (Lipinski definition) is 7. The van der Waals surface area contributed by atoms with Crippen LogP contribution in [0.25, 0.3) is 0 Å². The zero-order chi connectivity index (χ0) is 37.9. The van der Waals surface area contributed by atoms with E-state index in [0.717, 1.165) is 0 Å². The van der Waals surface area contributed by atoms with Crippen molar-refractivity contribution in [2.24, 2.45) is 5.92 Å². The first-order valence-electron chi connectivity index (χ1n) is 16.3. The molecule has 0 radical (unpaired) electrons. The lowest BCUT2D eigenvalue weighted by Gasteiger charge is -2.26. The standard InChI is InChI=1S/C31H49B2N6O10P/c1-20(12-16-40)28(46)39(50)15-8-4-7-11-24(42)35-18-25(43)36-19-26(44)37-23(17-22-9-5-3-6-10-22)27(45)38-31(48,49)29(47)34-14-13-30(32,33)21(2)41/h3,5-6,9-10,16,20,23,48-49H,4,7-8,11-15,17-19,32-33,50H2,1-2H3,(H,34,47)(H,35,42)(H,36,43)(H,37,44)(H,38,45). The fourth-order valence-electron chi connectivity index (χ4n) is 4.30. The number of unbranched alkanes of at least 4 members (excludes halogenated alkanes) is 2. The molecule has 0 aromatic heterocycles. The van der Waals surface area contributed by atoms with Crippen molar-refractivity contribution in [1.82, 2.24) is 31.3 Å². The van der Waals surface area contributed by atoms with Gasteiger partial charge in [0, 0.05) is 38.3 Å². The molecule has 0 saturated heterocycles. The van der Waals surface area contributed by atoms with Gasteiger partial charge in [-0.2, -0.15) is 0 Å². The van der Waals surface area contributed by atoms with Gasteiger partial charge in [-0.25, -0.2) is 0 Å². The van der Waals surface area contributed by atoms with Crippen LogP contribution in [0.5, 0.6) is 0 Å². The number of ketones is 1. The van der Waals surface area contributed by atoms with Crippen LogP contribution in [0.3, 0.4) is 0 Å². The van der Waals surface area contributed by atoms with Crippen LogP contribution in [0.4, 0.5) is 0 Å². The molecule has 0 saturated carbocycles. The number of aldehydes is 1. The van der Waals surface area contributed by atoms with Crippen LogP contribution in [0.15, 0.2) is 30.3 Å². The summed E-state index contributed by atoms with van der Waals surface area (Å²) in [5.74, 6) is -8.33. The van der Waals surface area contributed by atoms with E-state index < -0.39 is 59.8 Å². The first-order chi connectivity index (χ1) is 23.4. The van der Waals surface area contributed by atoms with Crippen LogP contribution < -0.4 is 26.6 Å². The highest BCUT2D eigenvalue weighted by Gasteiger charge is 2.38. The minimum absolute atomic E-state index is 0.0841. The first-order valence-corrected chi connectivity index (χ1v) is 16.8. The number of carbonyl (C=O) groups excluding carboxylic acids is 8. The lowest BCUT2D eigenvalue weighted by molar-refractivity contribution is -0.199. The Balaban J connectivity index is 2.57. The van der Waals surface area contributed by atoms with Gasteiger partial charge in [-0.05, 0) is 46.4 Å². The van der Waals surface area contributed by atoms with Gasteiger partial charge in [0.05, 0.1) is 13.1 Å². The maximum Gasteiger partial charge on any atom is 0.330 e. The van der Waals surface area contributed by atoms with E-state index >= 15 is 0 Å². The predicted molar refractivity (Wildman–Crippen MR) is 191 cm³/mol. The summed E-state index contributed by atoms with van der Waals surface area (Å²) in [6.45, 7) is 2.46. The second-order valence-corrected chi connectivity index (χ2v) is 13.2. The minimum atomic E-state index is -3.34. The molecule has 1 aromatic rings. The number of hydrogen-bond acceptors (Lipinski definition) is 10. The normalized spacial score (nSPS) is 12.4. The highest BCUT2D eigenvalue weighted by Crippen LogP contribution is 2.21. The second-order valence-electron chi connectivity index (χ2n) is 12.6. The van der Waals surface area contributed by atoms with Crippen molar-refractivity contribution >= 4 is 72.6 Å². The van der Waals surface area contributed by atoms with E-state index in [2.05, 4.69) is 30.7 Å². The third-order valence-electron chi connectivity index (χ3n) is 7.89. The lowest BCUT2D eigenvalue weighted by Crippen LogP contribution is -2.63. The van der Waals surface area contributed by atoms with Crippen LogP contribution in [0, 0.1) is 5.92 Å². The number of benzene rings is 1. The average Bonchev–Trinajstić information content (AvgIpc) is 3.05. The Morgan fingerprint density at radius 2 is 1.54 bits per heavy atom. The fraction of sp³-hybridized carbons (Fsp3) is 0.548. The maximum atomic E-state index is 13.0. The molecule has 0 fully saturated rings. The van der Waals surface area contributed by atoms with Crippen molar-refractivity contribution < 1.29 is 48.6 Å². The van der Waals surface area contributed by atoms with Crippen molar-refractivity contribution in [2.75, 3.05) is 26.2 Å². The third kappa shape index (κ3) is 17.0. The van der Waals surface area contributed by atoms with Gasteiger partial charge in [0.2, 0.25) is 29.5 Å². The average molecular weight is 718 g/mol. The van der Waals surface area contributed by atoms with Crippen LogP contribution in [-0.4, -0.2) is 116 Å². The zero-order valence-corrected chi connectivity index (χ0v) is 30.2. The summed E-state index contributed by atoms with van der Waals surface area (Å²) in [5.41, 5.74) is 0.598. The highest BCUT2D eigenvalue weighted by atomic mass is 31.0. The summed E-state index contributed by atoms with van der Waals surface area (Å²) >= 11 is 0. The van der Waals surface area contributed by atoms with Crippen LogP contribution in [-0.2, 0) is 44.8 Å². The van der Waals surface area contributed by atoms with Gasteiger partial charge < -0.3 is 45.7 Å². The van der Waals surface area contributed by atoms with Gasteiger partial charge in [0.15, 0.2) is 0 Å². The van der Waals surface area contributed by atoms with Crippen molar-refractivity contribution in [1.29, 1.82) is 0 Å². The number of amides is 6. The highest BCUT2D eigenvalue weighted by molar-refractivity contribution is 7.14. The van der Waals surface area contributed by atoms with Gasteiger partial charge in [-0.15, -0.1) is 0 Å². The molecular weight excluding hydrogens is 669 g/mol. The molecule has 19 heteroatoms. The molecule has 0 bridgehead atoms.